The molecule has 2 heterocycles. The van der Waals surface area contributed by atoms with E-state index in [0.717, 1.165) is 27.5 Å². The van der Waals surface area contributed by atoms with Crippen LogP contribution < -0.4 is 14.8 Å². The smallest absolute Gasteiger partial charge is 0.221 e. The molecule has 2 aromatic heterocycles. The van der Waals surface area contributed by atoms with E-state index in [2.05, 4.69) is 45.2 Å². The Kier molecular flexibility index (Phi) is 6.44. The van der Waals surface area contributed by atoms with E-state index in [9.17, 15) is 4.79 Å². The molecule has 1 amide bonds. The number of fused-ring (bicyclic) bond motifs is 2. The highest BCUT2D eigenvalue weighted by Crippen LogP contribution is 2.40. The van der Waals surface area contributed by atoms with Crippen LogP contribution >= 0.6 is 0 Å². The van der Waals surface area contributed by atoms with Gasteiger partial charge in [-0.1, -0.05) is 48.5 Å². The first-order chi connectivity index (χ1) is 17.2. The number of hydrogen-bond acceptors (Lipinski definition) is 3. The normalized spacial score (nSPS) is 12.1. The number of hydrogen-bond donors (Lipinski definition) is 2. The fraction of sp³-hybridized carbons (Fsp3) is 0.207. The van der Waals surface area contributed by atoms with Gasteiger partial charge < -0.3 is 24.3 Å². The molecule has 35 heavy (non-hydrogen) atoms. The van der Waals surface area contributed by atoms with Gasteiger partial charge in [0.05, 0.1) is 14.2 Å². The van der Waals surface area contributed by atoms with Crippen LogP contribution in [0.5, 0.6) is 11.5 Å². The highest BCUT2D eigenvalue weighted by Gasteiger charge is 2.24. The van der Waals surface area contributed by atoms with Crippen molar-refractivity contribution in [1.82, 2.24) is 14.9 Å². The quantitative estimate of drug-likeness (QED) is 0.302. The molecule has 3 aromatic carbocycles. The predicted molar refractivity (Wildman–Crippen MR) is 139 cm³/mol. The van der Waals surface area contributed by atoms with Crippen LogP contribution in [-0.2, 0) is 11.3 Å². The summed E-state index contributed by atoms with van der Waals surface area (Å²) in [5.74, 6) is 1.24. The van der Waals surface area contributed by atoms with Gasteiger partial charge in [-0.15, -0.1) is 0 Å². The second-order valence-corrected chi connectivity index (χ2v) is 8.55. The SMILES string of the molecule is COc1cccc(C(CNC(=O)CCn2ccc3ccccc32)c2c[nH]c3ccccc23)c1OC. The number of aryl methyl sites for hydroxylation is 1. The van der Waals surface area contributed by atoms with E-state index < -0.39 is 0 Å². The molecule has 0 aliphatic carbocycles. The van der Waals surface area contributed by atoms with Crippen molar-refractivity contribution < 1.29 is 14.3 Å². The van der Waals surface area contributed by atoms with Crippen molar-refractivity contribution in [2.75, 3.05) is 20.8 Å². The van der Waals surface area contributed by atoms with Crippen molar-refractivity contribution in [3.8, 4) is 11.5 Å². The van der Waals surface area contributed by atoms with Gasteiger partial charge in [0.25, 0.3) is 0 Å². The Hall–Kier alpha value is -4.19. The van der Waals surface area contributed by atoms with Crippen LogP contribution in [0.15, 0.2) is 85.2 Å². The lowest BCUT2D eigenvalue weighted by Gasteiger charge is -2.22. The number of methoxy groups -OCH3 is 2. The molecule has 0 fully saturated rings. The number of carbonyl (C=O) groups excluding carboxylic acids is 1. The lowest BCUT2D eigenvalue weighted by molar-refractivity contribution is -0.121. The standard InChI is InChI=1S/C29H29N3O3/c1-34-27-13-7-10-22(29(27)35-2)24(23-18-30-25-11-5-4-9-21(23)25)19-31-28(33)15-17-32-16-14-20-8-3-6-12-26(20)32/h3-14,16,18,24,30H,15,17,19H2,1-2H3,(H,31,33). The van der Waals surface area contributed by atoms with Crippen molar-refractivity contribution in [2.24, 2.45) is 0 Å². The summed E-state index contributed by atoms with van der Waals surface area (Å²) < 4.78 is 13.4. The Morgan fingerprint density at radius 2 is 1.77 bits per heavy atom. The van der Waals surface area contributed by atoms with Crippen LogP contribution in [0.1, 0.15) is 23.5 Å². The number of carbonyl (C=O) groups is 1. The van der Waals surface area contributed by atoms with E-state index in [-0.39, 0.29) is 11.8 Å². The molecule has 0 bridgehead atoms. The number of rotatable bonds is 9. The molecule has 1 atom stereocenters. The molecule has 6 heteroatoms. The Balaban J connectivity index is 1.39. The van der Waals surface area contributed by atoms with Gasteiger partial charge in [0.1, 0.15) is 0 Å². The first-order valence-corrected chi connectivity index (χ1v) is 11.8. The molecule has 2 N–H and O–H groups in total. The maximum absolute atomic E-state index is 12.9. The molecule has 6 nitrogen and oxygen atoms in total. The van der Waals surface area contributed by atoms with E-state index in [1.54, 1.807) is 14.2 Å². The number of para-hydroxylation sites is 3. The lowest BCUT2D eigenvalue weighted by Crippen LogP contribution is -2.29. The average molecular weight is 468 g/mol. The van der Waals surface area contributed by atoms with E-state index in [4.69, 9.17) is 9.47 Å². The largest absolute Gasteiger partial charge is 0.493 e. The first-order valence-electron chi connectivity index (χ1n) is 11.8. The predicted octanol–water partition coefficient (Wildman–Crippen LogP) is 5.48. The van der Waals surface area contributed by atoms with Crippen LogP contribution in [0.3, 0.4) is 0 Å². The molecule has 1 unspecified atom stereocenters. The Bertz CT molecular complexity index is 1470. The topological polar surface area (TPSA) is 68.3 Å². The number of aromatic amines is 1. The summed E-state index contributed by atoms with van der Waals surface area (Å²) in [5, 5.41) is 5.47. The minimum atomic E-state index is -0.118. The molecular formula is C29H29N3O3. The minimum absolute atomic E-state index is 0.00878. The molecular weight excluding hydrogens is 438 g/mol. The van der Waals surface area contributed by atoms with Gasteiger partial charge in [0, 0.05) is 59.8 Å². The van der Waals surface area contributed by atoms with Crippen LogP contribution in [0, 0.1) is 0 Å². The van der Waals surface area contributed by atoms with Crippen molar-refractivity contribution in [2.45, 2.75) is 18.9 Å². The van der Waals surface area contributed by atoms with Crippen molar-refractivity contribution >= 4 is 27.7 Å². The zero-order valence-corrected chi connectivity index (χ0v) is 20.0. The highest BCUT2D eigenvalue weighted by molar-refractivity contribution is 5.85. The summed E-state index contributed by atoms with van der Waals surface area (Å²) in [5.41, 5.74) is 4.26. The van der Waals surface area contributed by atoms with E-state index in [1.807, 2.05) is 54.9 Å². The molecule has 5 aromatic rings. The summed E-state index contributed by atoms with van der Waals surface area (Å²) in [6.45, 7) is 1.07. The molecule has 0 radical (unpaired) electrons. The van der Waals surface area contributed by atoms with E-state index >= 15 is 0 Å². The minimum Gasteiger partial charge on any atom is -0.493 e. The van der Waals surface area contributed by atoms with Crippen LogP contribution in [-0.4, -0.2) is 36.2 Å². The monoisotopic (exact) mass is 467 g/mol. The second kappa shape index (κ2) is 9.97. The molecule has 0 spiro atoms. The molecule has 5 rings (SSSR count). The maximum atomic E-state index is 12.9. The third-order valence-corrected chi connectivity index (χ3v) is 6.57. The van der Waals surface area contributed by atoms with Gasteiger partial charge in [-0.2, -0.15) is 0 Å². The number of benzene rings is 3. The molecule has 178 valence electrons. The number of amides is 1. The van der Waals surface area contributed by atoms with Gasteiger partial charge >= 0.3 is 0 Å². The van der Waals surface area contributed by atoms with Crippen LogP contribution in [0.25, 0.3) is 21.8 Å². The fourth-order valence-corrected chi connectivity index (χ4v) is 4.82. The fourth-order valence-electron chi connectivity index (χ4n) is 4.82. The number of nitrogens with one attached hydrogen (secondary N) is 2. The zero-order valence-electron chi connectivity index (χ0n) is 20.0. The third kappa shape index (κ3) is 4.47. The van der Waals surface area contributed by atoms with Gasteiger partial charge in [0.2, 0.25) is 5.91 Å². The van der Waals surface area contributed by atoms with Gasteiger partial charge in [-0.25, -0.2) is 0 Å². The molecule has 0 saturated carbocycles. The maximum Gasteiger partial charge on any atom is 0.221 e. The van der Waals surface area contributed by atoms with Crippen LogP contribution in [0.2, 0.25) is 0 Å². The second-order valence-electron chi connectivity index (χ2n) is 8.55. The van der Waals surface area contributed by atoms with Gasteiger partial charge in [0.15, 0.2) is 11.5 Å². The highest BCUT2D eigenvalue weighted by atomic mass is 16.5. The number of H-pyrrole nitrogens is 1. The molecule has 0 aliphatic heterocycles. The summed E-state index contributed by atoms with van der Waals surface area (Å²) in [7, 11) is 3.28. The zero-order chi connectivity index (χ0) is 24.2. The summed E-state index contributed by atoms with van der Waals surface area (Å²) in [6, 6.07) is 24.3. The first kappa shape index (κ1) is 22.6. The average Bonchev–Trinajstić information content (AvgIpc) is 3.52. The summed E-state index contributed by atoms with van der Waals surface area (Å²) in [4.78, 5) is 16.3. The Morgan fingerprint density at radius 1 is 0.943 bits per heavy atom. The summed E-state index contributed by atoms with van der Waals surface area (Å²) >= 11 is 0. The van der Waals surface area contributed by atoms with Crippen LogP contribution in [0.4, 0.5) is 0 Å². The van der Waals surface area contributed by atoms with Crippen molar-refractivity contribution in [1.29, 1.82) is 0 Å². The molecule has 0 aliphatic rings. The van der Waals surface area contributed by atoms with Crippen molar-refractivity contribution in [3.63, 3.8) is 0 Å². The number of ether oxygens (including phenoxy) is 2. The van der Waals surface area contributed by atoms with E-state index in [0.29, 0.717) is 31.0 Å². The Labute approximate surface area is 204 Å². The molecule has 0 saturated heterocycles. The summed E-state index contributed by atoms with van der Waals surface area (Å²) in [6.07, 6.45) is 4.45. The third-order valence-electron chi connectivity index (χ3n) is 6.57. The lowest BCUT2D eigenvalue weighted by atomic mass is 9.89. The van der Waals surface area contributed by atoms with Crippen molar-refractivity contribution in [3.05, 3.63) is 96.3 Å². The Morgan fingerprint density at radius 3 is 2.63 bits per heavy atom. The van der Waals surface area contributed by atoms with E-state index in [1.165, 1.54) is 5.39 Å². The number of nitrogens with zero attached hydrogens (tertiary/aromatic N) is 1. The number of aromatic nitrogens is 2. The van der Waals surface area contributed by atoms with Gasteiger partial charge in [-0.3, -0.25) is 4.79 Å². The van der Waals surface area contributed by atoms with Gasteiger partial charge in [-0.05, 0) is 35.2 Å².